The molecule has 5 rings (SSSR count). The number of aryl methyl sites for hydroxylation is 1. The quantitative estimate of drug-likeness (QED) is 0.291. The Bertz CT molecular complexity index is 1510. The molecule has 0 radical (unpaired) electrons. The van der Waals surface area contributed by atoms with Crippen LogP contribution in [0.25, 0.3) is 5.57 Å². The maximum atomic E-state index is 12.8. The van der Waals surface area contributed by atoms with Gasteiger partial charge in [-0.25, -0.2) is 0 Å². The Hall–Kier alpha value is -4.76. The van der Waals surface area contributed by atoms with E-state index < -0.39 is 30.0 Å². The van der Waals surface area contributed by atoms with Gasteiger partial charge in [-0.3, -0.25) is 19.2 Å². The summed E-state index contributed by atoms with van der Waals surface area (Å²) < 4.78 is 10.1. The first-order chi connectivity index (χ1) is 21.2. The zero-order chi connectivity index (χ0) is 31.6. The second-order valence-corrected chi connectivity index (χ2v) is 10.9. The van der Waals surface area contributed by atoms with Crippen molar-refractivity contribution < 1.29 is 28.7 Å². The van der Waals surface area contributed by atoms with Crippen LogP contribution >= 0.6 is 0 Å². The lowest BCUT2D eigenvalue weighted by Gasteiger charge is -2.18. The maximum absolute atomic E-state index is 12.8. The third-order valence-corrected chi connectivity index (χ3v) is 7.55. The summed E-state index contributed by atoms with van der Waals surface area (Å²) in [6.45, 7) is 5.57. The fourth-order valence-electron chi connectivity index (χ4n) is 4.88. The second-order valence-electron chi connectivity index (χ2n) is 10.9. The molecule has 0 bridgehead atoms. The van der Waals surface area contributed by atoms with Crippen molar-refractivity contribution in [3.8, 4) is 5.75 Å². The van der Waals surface area contributed by atoms with Crippen LogP contribution in [0.1, 0.15) is 36.1 Å². The average molecular weight is 598 g/mol. The van der Waals surface area contributed by atoms with E-state index in [9.17, 15) is 19.2 Å². The number of carbonyl (C=O) groups excluding carboxylic acids is 4. The van der Waals surface area contributed by atoms with Crippen molar-refractivity contribution in [2.45, 2.75) is 51.8 Å². The first-order valence-electron chi connectivity index (χ1n) is 14.6. The summed E-state index contributed by atoms with van der Waals surface area (Å²) >= 11 is 0. The number of epoxide rings is 1. The summed E-state index contributed by atoms with van der Waals surface area (Å²) in [5.74, 6) is -0.546. The number of benzene rings is 3. The summed E-state index contributed by atoms with van der Waals surface area (Å²) in [5.41, 5.74) is 5.83. The molecule has 3 amide bonds. The van der Waals surface area contributed by atoms with Gasteiger partial charge >= 0.3 is 0 Å². The van der Waals surface area contributed by atoms with Crippen LogP contribution in [-0.4, -0.2) is 62.0 Å². The molecule has 0 saturated carbocycles. The van der Waals surface area contributed by atoms with E-state index in [1.54, 1.807) is 14.0 Å². The van der Waals surface area contributed by atoms with Gasteiger partial charge in [0.15, 0.2) is 5.78 Å². The lowest BCUT2D eigenvalue weighted by Crippen LogP contribution is -2.51. The fourth-order valence-corrected chi connectivity index (χ4v) is 4.88. The molecular formula is C35H39N3O6. The van der Waals surface area contributed by atoms with Crippen LogP contribution in [0, 0.1) is 6.92 Å². The Balaban J connectivity index is 0.000000421. The highest BCUT2D eigenvalue weighted by molar-refractivity contribution is 6.05. The Morgan fingerprint density at radius 1 is 0.909 bits per heavy atom. The standard InChI is InChI=1S/C27H29N3O5.C8H10O/c1-16-20-11-7-6-10-19(20)13-21(16)27(34)29-17(2)26(33)28-14-24(31)30-22(25(32)23-15-35-23)12-18-8-4-3-5-9-18;1-7-3-5-8(9-2)6-4-7/h3-11,17,22-23H,12-15H2,1-2H3,(H,28,33)(H,29,34)(H,30,31);3-6H,1-2H3. The van der Waals surface area contributed by atoms with E-state index in [0.29, 0.717) is 25.0 Å². The number of allylic oxidation sites excluding steroid dienone is 1. The predicted octanol–water partition coefficient (Wildman–Crippen LogP) is 3.34. The van der Waals surface area contributed by atoms with E-state index in [-0.39, 0.29) is 18.2 Å². The van der Waals surface area contributed by atoms with Gasteiger partial charge < -0.3 is 25.4 Å². The van der Waals surface area contributed by atoms with Gasteiger partial charge in [-0.2, -0.15) is 0 Å². The number of fused-ring (bicyclic) bond motifs is 1. The zero-order valence-corrected chi connectivity index (χ0v) is 25.5. The van der Waals surface area contributed by atoms with E-state index in [1.165, 1.54) is 5.56 Å². The second kappa shape index (κ2) is 15.1. The largest absolute Gasteiger partial charge is 0.497 e. The van der Waals surface area contributed by atoms with Gasteiger partial charge in [0.25, 0.3) is 0 Å². The van der Waals surface area contributed by atoms with Crippen molar-refractivity contribution in [1.82, 2.24) is 16.0 Å². The molecule has 1 fully saturated rings. The Morgan fingerprint density at radius 3 is 2.20 bits per heavy atom. The molecule has 2 aliphatic rings. The normalized spacial score (nSPS) is 16.0. The van der Waals surface area contributed by atoms with E-state index in [1.807, 2.05) is 85.8 Å². The minimum absolute atomic E-state index is 0.185. The molecule has 0 spiro atoms. The topological polar surface area (TPSA) is 126 Å². The molecule has 3 aromatic rings. The number of ether oxygens (including phenoxy) is 2. The first kappa shape index (κ1) is 32.2. The molecule has 3 atom stereocenters. The molecule has 230 valence electrons. The molecule has 3 N–H and O–H groups in total. The van der Waals surface area contributed by atoms with Gasteiger partial charge in [-0.15, -0.1) is 0 Å². The van der Waals surface area contributed by atoms with Crippen LogP contribution in [0.4, 0.5) is 0 Å². The number of hydrogen-bond donors (Lipinski definition) is 3. The van der Waals surface area contributed by atoms with Crippen molar-refractivity contribution in [3.05, 3.63) is 107 Å². The molecule has 3 aromatic carbocycles. The molecular weight excluding hydrogens is 558 g/mol. The number of rotatable bonds is 11. The molecule has 1 saturated heterocycles. The number of Topliss-reactive ketones (excluding diaryl/α,β-unsaturated/α-hetero) is 1. The van der Waals surface area contributed by atoms with Gasteiger partial charge in [0.2, 0.25) is 17.7 Å². The third-order valence-electron chi connectivity index (χ3n) is 7.55. The van der Waals surface area contributed by atoms with Crippen molar-refractivity contribution in [2.75, 3.05) is 20.3 Å². The van der Waals surface area contributed by atoms with Crippen LogP contribution in [0.2, 0.25) is 0 Å². The number of carbonyl (C=O) groups is 4. The molecule has 3 unspecified atom stereocenters. The number of nitrogens with one attached hydrogen (secondary N) is 3. The molecule has 9 heteroatoms. The summed E-state index contributed by atoms with van der Waals surface area (Å²) in [7, 11) is 1.67. The van der Waals surface area contributed by atoms with Gasteiger partial charge in [0.1, 0.15) is 17.9 Å². The Labute approximate surface area is 258 Å². The van der Waals surface area contributed by atoms with Crippen LogP contribution in [0.3, 0.4) is 0 Å². The van der Waals surface area contributed by atoms with Crippen molar-refractivity contribution >= 4 is 29.1 Å². The molecule has 1 aliphatic heterocycles. The highest BCUT2D eigenvalue weighted by Crippen LogP contribution is 2.32. The summed E-state index contributed by atoms with van der Waals surface area (Å²) in [4.78, 5) is 50.4. The number of methoxy groups -OCH3 is 1. The first-order valence-corrected chi connectivity index (χ1v) is 14.6. The SMILES string of the molecule is CC1=C(C(=O)NC(C)C(=O)NCC(=O)NC(Cc2ccccc2)C(=O)C2CO2)Cc2ccccc21.COc1ccc(C)cc1. The van der Waals surface area contributed by atoms with E-state index >= 15 is 0 Å². The van der Waals surface area contributed by atoms with Crippen LogP contribution in [-0.2, 0) is 36.8 Å². The summed E-state index contributed by atoms with van der Waals surface area (Å²) in [6.07, 6.45) is 0.364. The van der Waals surface area contributed by atoms with Gasteiger partial charge in [0.05, 0.1) is 26.3 Å². The van der Waals surface area contributed by atoms with Crippen LogP contribution in [0.15, 0.2) is 84.4 Å². The smallest absolute Gasteiger partial charge is 0.248 e. The van der Waals surface area contributed by atoms with Crippen molar-refractivity contribution in [3.63, 3.8) is 0 Å². The van der Waals surface area contributed by atoms with Crippen LogP contribution in [0.5, 0.6) is 5.75 Å². The molecule has 44 heavy (non-hydrogen) atoms. The van der Waals surface area contributed by atoms with Gasteiger partial charge in [-0.1, -0.05) is 72.3 Å². The van der Waals surface area contributed by atoms with Gasteiger partial charge in [0, 0.05) is 12.0 Å². The number of hydrogen-bond acceptors (Lipinski definition) is 6. The van der Waals surface area contributed by atoms with Crippen molar-refractivity contribution in [2.24, 2.45) is 0 Å². The Kier molecular flexibility index (Phi) is 11.0. The zero-order valence-electron chi connectivity index (χ0n) is 25.5. The number of ketones is 1. The monoisotopic (exact) mass is 597 g/mol. The van der Waals surface area contributed by atoms with Crippen molar-refractivity contribution in [1.29, 1.82) is 0 Å². The van der Waals surface area contributed by atoms with Crippen LogP contribution < -0.4 is 20.7 Å². The van der Waals surface area contributed by atoms with E-state index in [4.69, 9.17) is 9.47 Å². The minimum atomic E-state index is -0.832. The Morgan fingerprint density at radius 2 is 1.57 bits per heavy atom. The summed E-state index contributed by atoms with van der Waals surface area (Å²) in [5, 5.41) is 7.95. The fraction of sp³-hybridized carbons (Fsp3) is 0.314. The molecule has 1 heterocycles. The lowest BCUT2D eigenvalue weighted by atomic mass is 10.0. The highest BCUT2D eigenvalue weighted by Gasteiger charge is 2.37. The lowest BCUT2D eigenvalue weighted by molar-refractivity contribution is -0.130. The highest BCUT2D eigenvalue weighted by atomic mass is 16.6. The number of amides is 3. The molecule has 1 aliphatic carbocycles. The minimum Gasteiger partial charge on any atom is -0.497 e. The molecule has 0 aromatic heterocycles. The predicted molar refractivity (Wildman–Crippen MR) is 168 cm³/mol. The third kappa shape index (κ3) is 8.87. The van der Waals surface area contributed by atoms with E-state index in [0.717, 1.165) is 28.0 Å². The summed E-state index contributed by atoms with van der Waals surface area (Å²) in [6, 6.07) is 23.6. The average Bonchev–Trinajstić information content (AvgIpc) is 3.83. The maximum Gasteiger partial charge on any atom is 0.248 e. The van der Waals surface area contributed by atoms with E-state index in [2.05, 4.69) is 22.9 Å². The van der Waals surface area contributed by atoms with Gasteiger partial charge in [-0.05, 0) is 61.6 Å². The molecule has 9 nitrogen and oxygen atoms in total.